The SMILES string of the molecule is CCNc1cc(F)cc2c1[nH]c1ncc(-c3cncc(Cc4ncco4)c3)c(-n3ccc(C(F)(F)F)n3)c12. The molecule has 5 aromatic heterocycles. The molecule has 0 unspecified atom stereocenters. The van der Waals surface area contributed by atoms with Crippen LogP contribution in [-0.4, -0.2) is 36.3 Å². The minimum Gasteiger partial charge on any atom is -0.449 e. The lowest BCUT2D eigenvalue weighted by Gasteiger charge is -2.13. The van der Waals surface area contributed by atoms with Crippen molar-refractivity contribution in [3.8, 4) is 16.8 Å². The Hall–Kier alpha value is -4.74. The van der Waals surface area contributed by atoms with Gasteiger partial charge in [-0.2, -0.15) is 18.3 Å². The topological polar surface area (TPSA) is 97.5 Å². The number of alkyl halides is 3. The molecule has 0 spiro atoms. The number of nitrogens with zero attached hydrogens (tertiary/aromatic N) is 5. The first-order valence-corrected chi connectivity index (χ1v) is 11.7. The minimum absolute atomic E-state index is 0.305. The van der Waals surface area contributed by atoms with Crippen LogP contribution in [0.15, 0.2) is 65.9 Å². The highest BCUT2D eigenvalue weighted by molar-refractivity contribution is 6.15. The van der Waals surface area contributed by atoms with E-state index >= 15 is 0 Å². The zero-order chi connectivity index (χ0) is 26.4. The Morgan fingerprint density at radius 3 is 2.71 bits per heavy atom. The Labute approximate surface area is 212 Å². The van der Waals surface area contributed by atoms with Crippen LogP contribution in [0.3, 0.4) is 0 Å². The van der Waals surface area contributed by atoms with Crippen LogP contribution in [0, 0.1) is 5.82 Å². The van der Waals surface area contributed by atoms with Crippen molar-refractivity contribution in [1.82, 2.24) is 29.7 Å². The molecule has 0 amide bonds. The van der Waals surface area contributed by atoms with E-state index in [4.69, 9.17) is 4.42 Å². The highest BCUT2D eigenvalue weighted by Gasteiger charge is 2.34. The quantitative estimate of drug-likeness (QED) is 0.256. The van der Waals surface area contributed by atoms with Gasteiger partial charge in [-0.05, 0) is 36.8 Å². The third-order valence-corrected chi connectivity index (χ3v) is 6.09. The summed E-state index contributed by atoms with van der Waals surface area (Å²) in [7, 11) is 0. The molecule has 6 aromatic rings. The summed E-state index contributed by atoms with van der Waals surface area (Å²) in [5.41, 5.74) is 2.53. The summed E-state index contributed by atoms with van der Waals surface area (Å²) in [5.74, 6) is -0.0144. The van der Waals surface area contributed by atoms with Gasteiger partial charge in [-0.25, -0.2) is 19.0 Å². The van der Waals surface area contributed by atoms with E-state index < -0.39 is 17.7 Å². The van der Waals surface area contributed by atoms with Crippen LogP contribution in [0.2, 0.25) is 0 Å². The Balaban J connectivity index is 1.63. The van der Waals surface area contributed by atoms with Crippen molar-refractivity contribution in [3.63, 3.8) is 0 Å². The zero-order valence-electron chi connectivity index (χ0n) is 19.8. The maximum atomic E-state index is 14.7. The van der Waals surface area contributed by atoms with Crippen LogP contribution in [-0.2, 0) is 12.6 Å². The number of rotatable bonds is 6. The van der Waals surface area contributed by atoms with Crippen molar-refractivity contribution >= 4 is 27.6 Å². The molecule has 8 nitrogen and oxygen atoms in total. The Kier molecular flexibility index (Phi) is 5.59. The number of hydrogen-bond acceptors (Lipinski definition) is 6. The molecule has 1 aromatic carbocycles. The van der Waals surface area contributed by atoms with Crippen LogP contribution >= 0.6 is 0 Å². The lowest BCUT2D eigenvalue weighted by atomic mass is 10.0. The largest absolute Gasteiger partial charge is 0.449 e. The molecular formula is C26H19F4N7O. The highest BCUT2D eigenvalue weighted by Crippen LogP contribution is 2.39. The van der Waals surface area contributed by atoms with Crippen molar-refractivity contribution in [2.75, 3.05) is 11.9 Å². The molecule has 38 heavy (non-hydrogen) atoms. The normalized spacial score (nSPS) is 12.0. The van der Waals surface area contributed by atoms with E-state index in [1.807, 2.05) is 13.0 Å². The average Bonchev–Trinajstić information content (AvgIpc) is 3.64. The Morgan fingerprint density at radius 2 is 1.97 bits per heavy atom. The lowest BCUT2D eigenvalue weighted by molar-refractivity contribution is -0.141. The molecule has 192 valence electrons. The molecule has 0 aliphatic heterocycles. The van der Waals surface area contributed by atoms with Crippen molar-refractivity contribution < 1.29 is 22.0 Å². The standard InChI is InChI=1S/C26H19F4N7O/c1-2-32-19-10-16(27)9-17-22-24(37-5-3-20(36-37)26(28,29)30)18(13-34-25(22)35-23(17)19)15-7-14(11-31-12-15)8-21-33-4-6-38-21/h3-7,9-13,32H,2,8H2,1H3,(H,34,35). The average molecular weight is 521 g/mol. The number of pyridine rings is 2. The van der Waals surface area contributed by atoms with Gasteiger partial charge in [-0.3, -0.25) is 4.98 Å². The number of fused-ring (bicyclic) bond motifs is 3. The van der Waals surface area contributed by atoms with E-state index in [1.165, 1.54) is 37.0 Å². The second-order valence-corrected chi connectivity index (χ2v) is 8.60. The second-order valence-electron chi connectivity index (χ2n) is 8.60. The summed E-state index contributed by atoms with van der Waals surface area (Å²) in [4.78, 5) is 16.2. The zero-order valence-corrected chi connectivity index (χ0v) is 19.8. The van der Waals surface area contributed by atoms with Crippen LogP contribution in [0.1, 0.15) is 24.1 Å². The summed E-state index contributed by atoms with van der Waals surface area (Å²) >= 11 is 0. The molecule has 12 heteroatoms. The molecule has 0 fully saturated rings. The number of benzene rings is 1. The molecule has 0 atom stereocenters. The first-order chi connectivity index (χ1) is 18.3. The summed E-state index contributed by atoms with van der Waals surface area (Å²) in [6, 6.07) is 5.41. The van der Waals surface area contributed by atoms with Crippen molar-refractivity contribution in [1.29, 1.82) is 0 Å². The van der Waals surface area contributed by atoms with Crippen molar-refractivity contribution in [3.05, 3.63) is 84.5 Å². The lowest BCUT2D eigenvalue weighted by Crippen LogP contribution is -2.08. The van der Waals surface area contributed by atoms with E-state index in [9.17, 15) is 17.6 Å². The molecular weight excluding hydrogens is 502 g/mol. The number of nitrogens with one attached hydrogen (secondary N) is 2. The number of anilines is 1. The fraction of sp³-hybridized carbons (Fsp3) is 0.154. The highest BCUT2D eigenvalue weighted by atomic mass is 19.4. The molecule has 5 heterocycles. The Bertz CT molecular complexity index is 1770. The summed E-state index contributed by atoms with van der Waals surface area (Å²) in [6.45, 7) is 2.42. The molecule has 0 saturated carbocycles. The van der Waals surface area contributed by atoms with Gasteiger partial charge < -0.3 is 14.7 Å². The number of hydrogen-bond donors (Lipinski definition) is 2. The first-order valence-electron chi connectivity index (χ1n) is 11.7. The maximum absolute atomic E-state index is 14.7. The molecule has 0 aliphatic carbocycles. The van der Waals surface area contributed by atoms with Crippen LogP contribution < -0.4 is 5.32 Å². The van der Waals surface area contributed by atoms with Gasteiger partial charge in [0.2, 0.25) is 0 Å². The third kappa shape index (κ3) is 4.13. The summed E-state index contributed by atoms with van der Waals surface area (Å²) < 4.78 is 61.7. The van der Waals surface area contributed by atoms with Crippen LogP contribution in [0.25, 0.3) is 38.8 Å². The van der Waals surface area contributed by atoms with E-state index in [0.29, 0.717) is 63.3 Å². The Morgan fingerprint density at radius 1 is 1.11 bits per heavy atom. The van der Waals surface area contributed by atoms with Crippen molar-refractivity contribution in [2.24, 2.45) is 0 Å². The molecule has 0 bridgehead atoms. The summed E-state index contributed by atoms with van der Waals surface area (Å²) in [6.07, 6.45) is 4.74. The molecule has 0 radical (unpaired) electrons. The van der Waals surface area contributed by atoms with Gasteiger partial charge >= 0.3 is 6.18 Å². The number of H-pyrrole nitrogens is 1. The number of oxazole rings is 1. The smallest absolute Gasteiger partial charge is 0.435 e. The monoisotopic (exact) mass is 521 g/mol. The molecule has 0 saturated heterocycles. The summed E-state index contributed by atoms with van der Waals surface area (Å²) in [5, 5.41) is 7.82. The fourth-order valence-electron chi connectivity index (χ4n) is 4.53. The van der Waals surface area contributed by atoms with E-state index in [-0.39, 0.29) is 0 Å². The van der Waals surface area contributed by atoms with Gasteiger partial charge in [0.15, 0.2) is 11.6 Å². The predicted molar refractivity (Wildman–Crippen MR) is 132 cm³/mol. The predicted octanol–water partition coefficient (Wildman–Crippen LogP) is 6.13. The number of aromatic nitrogens is 6. The van der Waals surface area contributed by atoms with E-state index in [0.717, 1.165) is 16.3 Å². The van der Waals surface area contributed by atoms with E-state index in [1.54, 1.807) is 12.4 Å². The third-order valence-electron chi connectivity index (χ3n) is 6.09. The van der Waals surface area contributed by atoms with E-state index in [2.05, 4.69) is 30.4 Å². The van der Waals surface area contributed by atoms with Crippen LogP contribution in [0.4, 0.5) is 23.2 Å². The number of halogens is 4. The van der Waals surface area contributed by atoms with Crippen LogP contribution in [0.5, 0.6) is 0 Å². The van der Waals surface area contributed by atoms with Gasteiger partial charge in [0.05, 0.1) is 34.9 Å². The molecule has 2 N–H and O–H groups in total. The first kappa shape index (κ1) is 23.6. The van der Waals surface area contributed by atoms with Gasteiger partial charge in [0.1, 0.15) is 17.7 Å². The van der Waals surface area contributed by atoms with Crippen molar-refractivity contribution in [2.45, 2.75) is 19.5 Å². The minimum atomic E-state index is -4.64. The van der Waals surface area contributed by atoms with Gasteiger partial charge in [0, 0.05) is 47.8 Å². The van der Waals surface area contributed by atoms with Gasteiger partial charge in [-0.15, -0.1) is 0 Å². The molecule has 6 rings (SSSR count). The maximum Gasteiger partial charge on any atom is 0.435 e. The van der Waals surface area contributed by atoms with Gasteiger partial charge in [0.25, 0.3) is 0 Å². The van der Waals surface area contributed by atoms with Gasteiger partial charge in [-0.1, -0.05) is 0 Å². The number of aromatic amines is 1. The molecule has 0 aliphatic rings. The second kappa shape index (κ2) is 8.98. The fourth-order valence-corrected chi connectivity index (χ4v) is 4.53.